The van der Waals surface area contributed by atoms with Crippen molar-refractivity contribution in [3.63, 3.8) is 0 Å². The summed E-state index contributed by atoms with van der Waals surface area (Å²) in [6.07, 6.45) is 0.282. The van der Waals surface area contributed by atoms with Gasteiger partial charge < -0.3 is 15.7 Å². The van der Waals surface area contributed by atoms with Crippen LogP contribution in [0, 0.1) is 6.92 Å². The van der Waals surface area contributed by atoms with Crippen molar-refractivity contribution in [2.45, 2.75) is 32.7 Å². The Morgan fingerprint density at radius 2 is 2.05 bits per heavy atom. The molecule has 1 unspecified atom stereocenters. The maximum absolute atomic E-state index is 11.8. The normalized spacial score (nSPS) is 13.5. The average molecular weight is 285 g/mol. The van der Waals surface area contributed by atoms with Crippen molar-refractivity contribution in [3.8, 4) is 0 Å². The molecule has 0 fully saturated rings. The summed E-state index contributed by atoms with van der Waals surface area (Å²) in [5.41, 5.74) is -0.0157. The van der Waals surface area contributed by atoms with Crippen LogP contribution in [0.25, 0.3) is 0 Å². The predicted molar refractivity (Wildman–Crippen MR) is 74.7 cm³/mol. The van der Waals surface area contributed by atoms with Crippen molar-refractivity contribution < 1.29 is 14.7 Å². The monoisotopic (exact) mass is 284 g/mol. The fourth-order valence-corrected chi connectivity index (χ4v) is 1.61. The quantitative estimate of drug-likeness (QED) is 0.795. The lowest BCUT2D eigenvalue weighted by Gasteiger charge is -2.25. The molecule has 0 saturated carbocycles. The van der Waals surface area contributed by atoms with Gasteiger partial charge in [-0.25, -0.2) is 9.59 Å². The minimum atomic E-state index is -1.30. The van der Waals surface area contributed by atoms with E-state index in [1.165, 1.54) is 6.92 Å². The van der Waals surface area contributed by atoms with Crippen molar-refractivity contribution in [3.05, 3.63) is 28.8 Å². The molecule has 1 aromatic rings. The fraction of sp³-hybridized carbons (Fsp3) is 0.385. The van der Waals surface area contributed by atoms with E-state index in [1.54, 1.807) is 32.0 Å². The zero-order valence-electron chi connectivity index (χ0n) is 11.1. The SMILES string of the molecule is CCC(C)(NC(=O)Nc1cccc(Cl)c1C)C(=O)O. The zero-order chi connectivity index (χ0) is 14.6. The Labute approximate surface area is 117 Å². The number of urea groups is 1. The Balaban J connectivity index is 2.81. The summed E-state index contributed by atoms with van der Waals surface area (Å²) in [7, 11) is 0. The van der Waals surface area contributed by atoms with Crippen LogP contribution in [-0.4, -0.2) is 22.6 Å². The molecule has 19 heavy (non-hydrogen) atoms. The summed E-state index contributed by atoms with van der Waals surface area (Å²) >= 11 is 5.94. The number of halogens is 1. The van der Waals surface area contributed by atoms with Gasteiger partial charge >= 0.3 is 12.0 Å². The second kappa shape index (κ2) is 5.93. The third-order valence-electron chi connectivity index (χ3n) is 3.08. The van der Waals surface area contributed by atoms with Crippen molar-refractivity contribution in [1.29, 1.82) is 0 Å². The van der Waals surface area contributed by atoms with E-state index in [9.17, 15) is 9.59 Å². The molecule has 0 bridgehead atoms. The Hall–Kier alpha value is -1.75. The van der Waals surface area contributed by atoms with E-state index < -0.39 is 17.5 Å². The number of rotatable bonds is 4. The van der Waals surface area contributed by atoms with Gasteiger partial charge in [-0.05, 0) is 38.0 Å². The summed E-state index contributed by atoms with van der Waals surface area (Å²) < 4.78 is 0. The van der Waals surface area contributed by atoms with Crippen LogP contribution in [-0.2, 0) is 4.79 Å². The van der Waals surface area contributed by atoms with Gasteiger partial charge in [-0.1, -0.05) is 24.6 Å². The largest absolute Gasteiger partial charge is 0.480 e. The van der Waals surface area contributed by atoms with E-state index in [-0.39, 0.29) is 6.42 Å². The first-order valence-corrected chi connectivity index (χ1v) is 6.25. The number of carboxylic acids is 1. The van der Waals surface area contributed by atoms with Gasteiger partial charge in [0.15, 0.2) is 0 Å². The molecule has 1 rings (SSSR count). The molecule has 0 aromatic heterocycles. The first-order valence-electron chi connectivity index (χ1n) is 5.88. The first-order chi connectivity index (χ1) is 8.80. The van der Waals surface area contributed by atoms with Gasteiger partial charge in [0, 0.05) is 10.7 Å². The van der Waals surface area contributed by atoms with Crippen LogP contribution in [0.2, 0.25) is 5.02 Å². The van der Waals surface area contributed by atoms with Gasteiger partial charge in [0.05, 0.1) is 0 Å². The minimum Gasteiger partial charge on any atom is -0.480 e. The molecule has 3 N–H and O–H groups in total. The van der Waals surface area contributed by atoms with Crippen molar-refractivity contribution in [2.75, 3.05) is 5.32 Å². The standard InChI is InChI=1S/C13H17ClN2O3/c1-4-13(3,11(17)18)16-12(19)15-10-7-5-6-9(14)8(10)2/h5-7H,4H2,1-3H3,(H,17,18)(H2,15,16,19). The summed E-state index contributed by atoms with van der Waals surface area (Å²) in [4.78, 5) is 22.9. The van der Waals surface area contributed by atoms with Gasteiger partial charge in [0.25, 0.3) is 0 Å². The molecular formula is C13H17ClN2O3. The molecule has 0 radical (unpaired) electrons. The highest BCUT2D eigenvalue weighted by molar-refractivity contribution is 6.31. The Morgan fingerprint density at radius 3 is 2.58 bits per heavy atom. The maximum Gasteiger partial charge on any atom is 0.329 e. The molecule has 1 aromatic carbocycles. The Bertz CT molecular complexity index is 505. The molecular weight excluding hydrogens is 268 g/mol. The molecule has 0 aliphatic rings. The lowest BCUT2D eigenvalue weighted by Crippen LogP contribution is -2.53. The lowest BCUT2D eigenvalue weighted by molar-refractivity contribution is -0.143. The van der Waals surface area contributed by atoms with E-state index in [0.717, 1.165) is 5.56 Å². The van der Waals surface area contributed by atoms with Gasteiger partial charge in [0.2, 0.25) is 0 Å². The van der Waals surface area contributed by atoms with E-state index >= 15 is 0 Å². The van der Waals surface area contributed by atoms with E-state index in [2.05, 4.69) is 10.6 Å². The van der Waals surface area contributed by atoms with Crippen molar-refractivity contribution >= 4 is 29.3 Å². The number of anilines is 1. The second-order valence-corrected chi connectivity index (χ2v) is 4.89. The van der Waals surface area contributed by atoms with Crippen molar-refractivity contribution in [2.24, 2.45) is 0 Å². The highest BCUT2D eigenvalue weighted by Gasteiger charge is 2.32. The van der Waals surface area contributed by atoms with Gasteiger partial charge in [-0.2, -0.15) is 0 Å². The van der Waals surface area contributed by atoms with Crippen molar-refractivity contribution in [1.82, 2.24) is 5.32 Å². The zero-order valence-corrected chi connectivity index (χ0v) is 11.8. The number of hydrogen-bond acceptors (Lipinski definition) is 2. The molecule has 5 nitrogen and oxygen atoms in total. The molecule has 2 amide bonds. The number of carbonyl (C=O) groups is 2. The second-order valence-electron chi connectivity index (χ2n) is 4.48. The van der Waals surface area contributed by atoms with Crippen LogP contribution in [0.1, 0.15) is 25.8 Å². The molecule has 6 heteroatoms. The van der Waals surface area contributed by atoms with Crippen LogP contribution in [0.5, 0.6) is 0 Å². The van der Waals surface area contributed by atoms with E-state index in [4.69, 9.17) is 16.7 Å². The predicted octanol–water partition coefficient (Wildman–Crippen LogP) is 3.02. The smallest absolute Gasteiger partial charge is 0.329 e. The number of nitrogens with one attached hydrogen (secondary N) is 2. The Kier molecular flexibility index (Phi) is 4.78. The summed E-state index contributed by atoms with van der Waals surface area (Å²) in [6, 6.07) is 4.55. The number of carbonyl (C=O) groups excluding carboxylic acids is 1. The third kappa shape index (κ3) is 3.61. The van der Waals surface area contributed by atoms with Crippen LogP contribution in [0.4, 0.5) is 10.5 Å². The number of carboxylic acid groups (broad SMARTS) is 1. The average Bonchev–Trinajstić information content (AvgIpc) is 2.34. The third-order valence-corrected chi connectivity index (χ3v) is 3.49. The highest BCUT2D eigenvalue weighted by Crippen LogP contribution is 2.23. The number of benzene rings is 1. The number of amides is 2. The van der Waals surface area contributed by atoms with E-state index in [1.807, 2.05) is 0 Å². The topological polar surface area (TPSA) is 78.4 Å². The molecule has 0 heterocycles. The highest BCUT2D eigenvalue weighted by atomic mass is 35.5. The first kappa shape index (κ1) is 15.3. The lowest BCUT2D eigenvalue weighted by atomic mass is 10.00. The number of aliphatic carboxylic acids is 1. The van der Waals surface area contributed by atoms with Crippen LogP contribution >= 0.6 is 11.6 Å². The fourth-order valence-electron chi connectivity index (χ4n) is 1.44. The molecule has 0 aliphatic carbocycles. The van der Waals surface area contributed by atoms with Gasteiger partial charge in [0.1, 0.15) is 5.54 Å². The molecule has 1 atom stereocenters. The van der Waals surface area contributed by atoms with Gasteiger partial charge in [-0.3, -0.25) is 0 Å². The summed E-state index contributed by atoms with van der Waals surface area (Å²) in [5, 5.41) is 14.7. The van der Waals surface area contributed by atoms with Crippen LogP contribution in [0.3, 0.4) is 0 Å². The van der Waals surface area contributed by atoms with Crippen LogP contribution < -0.4 is 10.6 Å². The molecule has 0 aliphatic heterocycles. The Morgan fingerprint density at radius 1 is 1.42 bits per heavy atom. The summed E-state index contributed by atoms with van der Waals surface area (Å²) in [6.45, 7) is 4.92. The molecule has 104 valence electrons. The summed E-state index contributed by atoms with van der Waals surface area (Å²) in [5.74, 6) is -1.08. The maximum atomic E-state index is 11.8. The molecule has 0 spiro atoms. The minimum absolute atomic E-state index is 0.282. The van der Waals surface area contributed by atoms with Gasteiger partial charge in [-0.15, -0.1) is 0 Å². The molecule has 0 saturated heterocycles. The van der Waals surface area contributed by atoms with E-state index in [0.29, 0.717) is 10.7 Å². The van der Waals surface area contributed by atoms with Crippen LogP contribution in [0.15, 0.2) is 18.2 Å². The number of hydrogen-bond donors (Lipinski definition) is 3.